The van der Waals surface area contributed by atoms with Gasteiger partial charge in [0, 0.05) is 12.1 Å². The third-order valence-electron chi connectivity index (χ3n) is 5.35. The molecular weight excluding hydrogens is 380 g/mol. The number of carbonyl (C=O) groups excluding carboxylic acids is 1. The summed E-state index contributed by atoms with van der Waals surface area (Å²) >= 11 is 0. The normalized spacial score (nSPS) is 20.0. The summed E-state index contributed by atoms with van der Waals surface area (Å²) < 4.78 is 5.34. The number of esters is 1. The Morgan fingerprint density at radius 3 is 1.97 bits per heavy atom. The molecule has 6 heteroatoms. The van der Waals surface area contributed by atoms with Crippen molar-refractivity contribution in [2.45, 2.75) is 25.0 Å². The largest absolute Gasteiger partial charge is 0.465 e. The van der Waals surface area contributed by atoms with Crippen molar-refractivity contribution in [3.8, 4) is 0 Å². The first-order chi connectivity index (χ1) is 14.6. The van der Waals surface area contributed by atoms with E-state index in [1.165, 1.54) is 12.1 Å². The summed E-state index contributed by atoms with van der Waals surface area (Å²) in [6.45, 7) is 2.09. The first-order valence-corrected chi connectivity index (χ1v) is 9.90. The van der Waals surface area contributed by atoms with Crippen LogP contribution >= 0.6 is 0 Å². The molecule has 152 valence electrons. The van der Waals surface area contributed by atoms with E-state index in [9.17, 15) is 14.9 Å². The van der Waals surface area contributed by atoms with Crippen molar-refractivity contribution in [1.29, 1.82) is 0 Å². The van der Waals surface area contributed by atoms with Crippen LogP contribution in [0.3, 0.4) is 0 Å². The van der Waals surface area contributed by atoms with Gasteiger partial charge in [-0.1, -0.05) is 72.8 Å². The molecule has 0 aliphatic carbocycles. The molecule has 3 aromatic carbocycles. The summed E-state index contributed by atoms with van der Waals surface area (Å²) in [5, 5.41) is 11.0. The van der Waals surface area contributed by atoms with Crippen LogP contribution in [0.4, 0.5) is 5.69 Å². The second-order valence-electron chi connectivity index (χ2n) is 7.16. The van der Waals surface area contributed by atoms with E-state index in [0.717, 1.165) is 16.7 Å². The number of nitro groups is 1. The van der Waals surface area contributed by atoms with Crippen LogP contribution in [0, 0.1) is 10.1 Å². The molecule has 0 radical (unpaired) electrons. The molecule has 3 atom stereocenters. The summed E-state index contributed by atoms with van der Waals surface area (Å²) in [7, 11) is 0. The van der Waals surface area contributed by atoms with Gasteiger partial charge >= 0.3 is 5.97 Å². The van der Waals surface area contributed by atoms with Crippen molar-refractivity contribution >= 4 is 11.7 Å². The zero-order valence-corrected chi connectivity index (χ0v) is 16.5. The van der Waals surface area contributed by atoms with E-state index >= 15 is 0 Å². The van der Waals surface area contributed by atoms with Crippen LogP contribution in [-0.4, -0.2) is 28.4 Å². The van der Waals surface area contributed by atoms with E-state index in [0.29, 0.717) is 6.61 Å². The SMILES string of the molecule is CCOC(=O)[C@H]1[C@H](c2ccc([N+](=O)[O-])cc2)N1C(c1ccccc1)c1ccccc1. The number of benzene rings is 3. The van der Waals surface area contributed by atoms with Gasteiger partial charge in [-0.15, -0.1) is 0 Å². The van der Waals surface area contributed by atoms with Crippen molar-refractivity contribution < 1.29 is 14.5 Å². The molecule has 30 heavy (non-hydrogen) atoms. The lowest BCUT2D eigenvalue weighted by molar-refractivity contribution is -0.384. The number of nitrogens with zero attached hydrogens (tertiary/aromatic N) is 2. The molecule has 1 unspecified atom stereocenters. The van der Waals surface area contributed by atoms with Crippen LogP contribution < -0.4 is 0 Å². The first-order valence-electron chi connectivity index (χ1n) is 9.90. The predicted molar refractivity (Wildman–Crippen MR) is 113 cm³/mol. The number of rotatable bonds is 7. The van der Waals surface area contributed by atoms with Gasteiger partial charge in [0.1, 0.15) is 6.04 Å². The van der Waals surface area contributed by atoms with Crippen LogP contribution in [0.15, 0.2) is 84.9 Å². The summed E-state index contributed by atoms with van der Waals surface area (Å²) in [5.41, 5.74) is 3.03. The quantitative estimate of drug-likeness (QED) is 0.248. The Balaban J connectivity index is 1.75. The molecular formula is C24H22N2O4. The second kappa shape index (κ2) is 8.47. The second-order valence-corrected chi connectivity index (χ2v) is 7.16. The van der Waals surface area contributed by atoms with Crippen LogP contribution in [0.1, 0.15) is 35.7 Å². The van der Waals surface area contributed by atoms with Gasteiger partial charge in [0.05, 0.1) is 23.6 Å². The molecule has 0 aromatic heterocycles. The van der Waals surface area contributed by atoms with Gasteiger partial charge in [0.2, 0.25) is 0 Å². The van der Waals surface area contributed by atoms with Gasteiger partial charge in [-0.05, 0) is 23.6 Å². The minimum atomic E-state index is -0.447. The Morgan fingerprint density at radius 2 is 1.50 bits per heavy atom. The molecule has 1 aliphatic heterocycles. The highest BCUT2D eigenvalue weighted by molar-refractivity contribution is 5.81. The van der Waals surface area contributed by atoms with Crippen LogP contribution in [0.5, 0.6) is 0 Å². The average molecular weight is 402 g/mol. The molecule has 3 aromatic rings. The van der Waals surface area contributed by atoms with Crippen molar-refractivity contribution in [3.63, 3.8) is 0 Å². The zero-order valence-electron chi connectivity index (χ0n) is 16.5. The van der Waals surface area contributed by atoms with Crippen molar-refractivity contribution in [2.75, 3.05) is 6.61 Å². The van der Waals surface area contributed by atoms with Crippen molar-refractivity contribution in [1.82, 2.24) is 4.90 Å². The fourth-order valence-electron chi connectivity index (χ4n) is 4.00. The minimum absolute atomic E-state index is 0.0290. The summed E-state index contributed by atoms with van der Waals surface area (Å²) in [6.07, 6.45) is 0. The Hall–Kier alpha value is -3.51. The third-order valence-corrected chi connectivity index (χ3v) is 5.35. The maximum atomic E-state index is 12.8. The van der Waals surface area contributed by atoms with Gasteiger partial charge in [0.15, 0.2) is 0 Å². The van der Waals surface area contributed by atoms with E-state index < -0.39 is 11.0 Å². The molecule has 6 nitrogen and oxygen atoms in total. The molecule has 1 fully saturated rings. The number of non-ortho nitro benzene ring substituents is 1. The number of hydrogen-bond donors (Lipinski definition) is 0. The van der Waals surface area contributed by atoms with Crippen LogP contribution in [0.2, 0.25) is 0 Å². The van der Waals surface area contributed by atoms with Gasteiger partial charge in [-0.3, -0.25) is 19.8 Å². The Morgan fingerprint density at radius 1 is 0.967 bits per heavy atom. The highest BCUT2D eigenvalue weighted by Crippen LogP contribution is 2.52. The van der Waals surface area contributed by atoms with E-state index in [2.05, 4.69) is 4.90 Å². The smallest absolute Gasteiger partial charge is 0.325 e. The fourth-order valence-corrected chi connectivity index (χ4v) is 4.00. The molecule has 0 spiro atoms. The number of hydrogen-bond acceptors (Lipinski definition) is 5. The van der Waals surface area contributed by atoms with Crippen molar-refractivity contribution in [2.24, 2.45) is 0 Å². The Kier molecular flexibility index (Phi) is 5.59. The predicted octanol–water partition coefficient (Wildman–Crippen LogP) is 4.67. The van der Waals surface area contributed by atoms with E-state index in [4.69, 9.17) is 4.74 Å². The maximum Gasteiger partial charge on any atom is 0.325 e. The monoisotopic (exact) mass is 402 g/mol. The van der Waals surface area contributed by atoms with E-state index in [1.54, 1.807) is 19.1 Å². The average Bonchev–Trinajstić information content (AvgIpc) is 3.51. The molecule has 1 heterocycles. The number of ether oxygens (including phenoxy) is 1. The molecule has 4 rings (SSSR count). The minimum Gasteiger partial charge on any atom is -0.465 e. The number of carbonyl (C=O) groups is 1. The highest BCUT2D eigenvalue weighted by atomic mass is 16.6. The molecule has 0 amide bonds. The molecule has 1 saturated heterocycles. The summed E-state index contributed by atoms with van der Waals surface area (Å²) in [5.74, 6) is -0.280. The lowest BCUT2D eigenvalue weighted by atomic mass is 9.98. The Labute approximate surface area is 174 Å². The van der Waals surface area contributed by atoms with Gasteiger partial charge < -0.3 is 4.74 Å². The summed E-state index contributed by atoms with van der Waals surface area (Å²) in [6, 6.07) is 25.6. The van der Waals surface area contributed by atoms with Crippen LogP contribution in [0.25, 0.3) is 0 Å². The Bertz CT molecular complexity index is 983. The van der Waals surface area contributed by atoms with E-state index in [-0.39, 0.29) is 23.7 Å². The standard InChI is InChI=1S/C24H22N2O4/c1-2-30-24(27)23-22(19-13-15-20(16-14-19)26(28)29)25(23)21(17-9-5-3-6-10-17)18-11-7-4-8-12-18/h3-16,21-23H,2H2,1H3/t22-,23+,25?/m0/s1. The molecule has 0 N–H and O–H groups in total. The first kappa shape index (κ1) is 19.8. The molecule has 0 saturated carbocycles. The van der Waals surface area contributed by atoms with E-state index in [1.807, 2.05) is 60.7 Å². The lowest BCUT2D eigenvalue weighted by Gasteiger charge is -2.21. The summed E-state index contributed by atoms with van der Waals surface area (Å²) in [4.78, 5) is 25.5. The highest BCUT2D eigenvalue weighted by Gasteiger charge is 2.58. The van der Waals surface area contributed by atoms with Crippen LogP contribution in [-0.2, 0) is 9.53 Å². The van der Waals surface area contributed by atoms with Gasteiger partial charge in [-0.25, -0.2) is 0 Å². The number of nitro benzene ring substituents is 1. The molecule has 0 bridgehead atoms. The lowest BCUT2D eigenvalue weighted by Crippen LogP contribution is -2.20. The van der Waals surface area contributed by atoms with Gasteiger partial charge in [-0.2, -0.15) is 0 Å². The fraction of sp³-hybridized carbons (Fsp3) is 0.208. The van der Waals surface area contributed by atoms with Crippen molar-refractivity contribution in [3.05, 3.63) is 112 Å². The van der Waals surface area contributed by atoms with Gasteiger partial charge in [0.25, 0.3) is 5.69 Å². The topological polar surface area (TPSA) is 72.5 Å². The zero-order chi connectivity index (χ0) is 21.1. The maximum absolute atomic E-state index is 12.8. The third kappa shape index (κ3) is 3.82. The molecule has 1 aliphatic rings.